The number of rotatable bonds is 3. The van der Waals surface area contributed by atoms with Gasteiger partial charge in [-0.2, -0.15) is 5.10 Å². The molecule has 0 radical (unpaired) electrons. The van der Waals surface area contributed by atoms with Crippen molar-refractivity contribution in [3.63, 3.8) is 0 Å². The Bertz CT molecular complexity index is 1500. The maximum atomic E-state index is 5.10. The first-order chi connectivity index (χ1) is 16.6. The second-order valence-corrected chi connectivity index (χ2v) is 9.12. The lowest BCUT2D eigenvalue weighted by Gasteiger charge is -2.36. The van der Waals surface area contributed by atoms with Gasteiger partial charge in [-0.05, 0) is 62.2 Å². The third-order valence-corrected chi connectivity index (χ3v) is 6.83. The maximum absolute atomic E-state index is 5.10. The van der Waals surface area contributed by atoms with E-state index in [4.69, 9.17) is 15.1 Å². The molecule has 0 unspecified atom stereocenters. The quantitative estimate of drug-likeness (QED) is 0.379. The van der Waals surface area contributed by atoms with E-state index < -0.39 is 0 Å². The summed E-state index contributed by atoms with van der Waals surface area (Å²) in [4.78, 5) is 14.8. The highest BCUT2D eigenvalue weighted by Gasteiger charge is 2.22. The Morgan fingerprint density at radius 3 is 2.03 bits per heavy atom. The molecular weight excluding hydrogens is 420 g/mol. The van der Waals surface area contributed by atoms with Gasteiger partial charge in [-0.1, -0.05) is 36.4 Å². The summed E-state index contributed by atoms with van der Waals surface area (Å²) in [6, 6.07) is 23.1. The molecule has 5 aromatic rings. The van der Waals surface area contributed by atoms with Crippen LogP contribution < -0.4 is 9.80 Å². The molecule has 0 N–H and O–H groups in total. The number of hydrogen-bond donors (Lipinski definition) is 0. The minimum absolute atomic E-state index is 0.907. The van der Waals surface area contributed by atoms with Crippen LogP contribution in [0.5, 0.6) is 0 Å². The Balaban J connectivity index is 1.29. The molecule has 1 fully saturated rings. The topological polar surface area (TPSA) is 50.1 Å². The Kier molecular flexibility index (Phi) is 4.94. The number of benzene rings is 2. The summed E-state index contributed by atoms with van der Waals surface area (Å²) in [5.41, 5.74) is 6.52. The molecule has 2 aromatic carbocycles. The molecular formula is C28H28N6. The van der Waals surface area contributed by atoms with E-state index in [0.717, 1.165) is 65.7 Å². The van der Waals surface area contributed by atoms with Crippen molar-refractivity contribution in [2.75, 3.05) is 36.0 Å². The van der Waals surface area contributed by atoms with Crippen LogP contribution in [-0.4, -0.2) is 45.9 Å². The van der Waals surface area contributed by atoms with Crippen LogP contribution in [0.4, 0.5) is 11.6 Å². The first-order valence-electron chi connectivity index (χ1n) is 11.9. The fraction of sp³-hybridized carbons (Fsp3) is 0.250. The van der Waals surface area contributed by atoms with Crippen molar-refractivity contribution in [2.45, 2.75) is 20.8 Å². The van der Waals surface area contributed by atoms with Gasteiger partial charge in [-0.25, -0.2) is 14.6 Å². The van der Waals surface area contributed by atoms with E-state index >= 15 is 0 Å². The van der Waals surface area contributed by atoms with Crippen molar-refractivity contribution < 1.29 is 0 Å². The second-order valence-electron chi connectivity index (χ2n) is 9.12. The first-order valence-corrected chi connectivity index (χ1v) is 11.9. The summed E-state index contributed by atoms with van der Waals surface area (Å²) < 4.78 is 1.97. The van der Waals surface area contributed by atoms with Gasteiger partial charge in [-0.3, -0.25) is 0 Å². The van der Waals surface area contributed by atoms with Crippen molar-refractivity contribution >= 4 is 33.6 Å². The van der Waals surface area contributed by atoms with E-state index in [9.17, 15) is 0 Å². The molecule has 4 heterocycles. The minimum atomic E-state index is 0.907. The number of aryl methyl sites for hydroxylation is 3. The first kappa shape index (κ1) is 20.7. The highest BCUT2D eigenvalue weighted by atomic mass is 15.3. The molecule has 6 nitrogen and oxygen atoms in total. The summed E-state index contributed by atoms with van der Waals surface area (Å²) in [6.07, 6.45) is 0. The van der Waals surface area contributed by atoms with Gasteiger partial charge in [0.15, 0.2) is 5.65 Å². The Hall–Kier alpha value is -3.93. The van der Waals surface area contributed by atoms with Crippen molar-refractivity contribution in [3.8, 4) is 5.69 Å². The SMILES string of the molecule is Cc1cc(N2CCN(c3cc(C)c4c(C)nn(-c5ccccc5)c4n3)CC2)nc2ccccc12. The number of fused-ring (bicyclic) bond motifs is 2. The van der Waals surface area contributed by atoms with Crippen LogP contribution in [0.1, 0.15) is 16.8 Å². The molecule has 6 heteroatoms. The lowest BCUT2D eigenvalue weighted by molar-refractivity contribution is 0.642. The van der Waals surface area contributed by atoms with Crippen LogP contribution in [-0.2, 0) is 0 Å². The summed E-state index contributed by atoms with van der Waals surface area (Å²) in [5, 5.41) is 7.18. The molecule has 0 saturated carbocycles. The van der Waals surface area contributed by atoms with Gasteiger partial charge >= 0.3 is 0 Å². The minimum Gasteiger partial charge on any atom is -0.353 e. The average Bonchev–Trinajstić information content (AvgIpc) is 3.21. The number of nitrogens with zero attached hydrogens (tertiary/aromatic N) is 6. The molecule has 1 aliphatic rings. The number of piperazine rings is 1. The second kappa shape index (κ2) is 8.13. The van der Waals surface area contributed by atoms with Gasteiger partial charge < -0.3 is 9.80 Å². The monoisotopic (exact) mass is 448 g/mol. The Morgan fingerprint density at radius 2 is 1.29 bits per heavy atom. The largest absolute Gasteiger partial charge is 0.353 e. The van der Waals surface area contributed by atoms with Crippen LogP contribution in [0.25, 0.3) is 27.6 Å². The van der Waals surface area contributed by atoms with Crippen molar-refractivity contribution in [2.24, 2.45) is 0 Å². The zero-order chi connectivity index (χ0) is 23.2. The highest BCUT2D eigenvalue weighted by Crippen LogP contribution is 2.29. The van der Waals surface area contributed by atoms with E-state index in [1.165, 1.54) is 16.5 Å². The normalized spacial score (nSPS) is 14.3. The predicted octanol–water partition coefficient (Wildman–Crippen LogP) is 5.22. The molecule has 0 bridgehead atoms. The molecule has 0 spiro atoms. The van der Waals surface area contributed by atoms with E-state index in [-0.39, 0.29) is 0 Å². The van der Waals surface area contributed by atoms with Gasteiger partial charge in [0.2, 0.25) is 0 Å². The number of pyridine rings is 2. The zero-order valence-electron chi connectivity index (χ0n) is 19.9. The Morgan fingerprint density at radius 1 is 0.676 bits per heavy atom. The van der Waals surface area contributed by atoms with Gasteiger partial charge in [0, 0.05) is 37.0 Å². The van der Waals surface area contributed by atoms with Gasteiger partial charge in [0.05, 0.1) is 16.9 Å². The number of para-hydroxylation sites is 2. The molecule has 0 aliphatic carbocycles. The molecule has 3 aromatic heterocycles. The van der Waals surface area contributed by atoms with Gasteiger partial charge in [-0.15, -0.1) is 0 Å². The van der Waals surface area contributed by atoms with E-state index in [1.54, 1.807) is 0 Å². The van der Waals surface area contributed by atoms with Crippen LogP contribution in [0.3, 0.4) is 0 Å². The maximum Gasteiger partial charge on any atom is 0.165 e. The molecule has 1 aliphatic heterocycles. The molecule has 0 atom stereocenters. The zero-order valence-corrected chi connectivity index (χ0v) is 19.9. The summed E-state index contributed by atoms with van der Waals surface area (Å²) in [5.74, 6) is 2.08. The van der Waals surface area contributed by atoms with Crippen molar-refractivity contribution in [3.05, 3.63) is 83.6 Å². The van der Waals surface area contributed by atoms with Gasteiger partial charge in [0.1, 0.15) is 11.6 Å². The number of anilines is 2. The predicted molar refractivity (Wildman–Crippen MR) is 139 cm³/mol. The third-order valence-electron chi connectivity index (χ3n) is 6.83. The summed E-state index contributed by atoms with van der Waals surface area (Å²) >= 11 is 0. The van der Waals surface area contributed by atoms with Crippen molar-refractivity contribution in [1.82, 2.24) is 19.7 Å². The standard InChI is InChI=1S/C28H28N6/c1-19-17-25(29-24-12-8-7-11-23(19)24)32-13-15-33(16-14-32)26-18-20(2)27-21(3)31-34(28(27)30-26)22-9-5-4-6-10-22/h4-12,17-18H,13-16H2,1-3H3. The van der Waals surface area contributed by atoms with Crippen LogP contribution in [0.2, 0.25) is 0 Å². The summed E-state index contributed by atoms with van der Waals surface area (Å²) in [6.45, 7) is 10.0. The van der Waals surface area contributed by atoms with Crippen molar-refractivity contribution in [1.29, 1.82) is 0 Å². The molecule has 170 valence electrons. The molecule has 6 rings (SSSR count). The Labute approximate surface area is 199 Å². The summed E-state index contributed by atoms with van der Waals surface area (Å²) in [7, 11) is 0. The average molecular weight is 449 g/mol. The van der Waals surface area contributed by atoms with Crippen LogP contribution in [0.15, 0.2) is 66.7 Å². The number of hydrogen-bond acceptors (Lipinski definition) is 5. The van der Waals surface area contributed by atoms with Crippen LogP contribution >= 0.6 is 0 Å². The van der Waals surface area contributed by atoms with Crippen LogP contribution in [0, 0.1) is 20.8 Å². The number of aromatic nitrogens is 4. The fourth-order valence-electron chi connectivity index (χ4n) is 5.06. The lowest BCUT2D eigenvalue weighted by atomic mass is 10.1. The molecule has 1 saturated heterocycles. The molecule has 34 heavy (non-hydrogen) atoms. The highest BCUT2D eigenvalue weighted by molar-refractivity contribution is 5.85. The smallest absolute Gasteiger partial charge is 0.165 e. The van der Waals surface area contributed by atoms with Gasteiger partial charge in [0.25, 0.3) is 0 Å². The van der Waals surface area contributed by atoms with E-state index in [2.05, 4.69) is 79.1 Å². The fourth-order valence-corrected chi connectivity index (χ4v) is 5.06. The van der Waals surface area contributed by atoms with E-state index in [0.29, 0.717) is 0 Å². The lowest BCUT2D eigenvalue weighted by Crippen LogP contribution is -2.47. The van der Waals surface area contributed by atoms with E-state index in [1.807, 2.05) is 22.9 Å². The molecule has 0 amide bonds. The third kappa shape index (κ3) is 3.46.